The van der Waals surface area contributed by atoms with Crippen LogP contribution in [0.3, 0.4) is 0 Å². The minimum Gasteiger partial charge on any atom is -0.391 e. The van der Waals surface area contributed by atoms with E-state index in [0.717, 1.165) is 15.6 Å². The quantitative estimate of drug-likeness (QED) is 0.398. The first-order valence-corrected chi connectivity index (χ1v) is 11.8. The predicted molar refractivity (Wildman–Crippen MR) is 131 cm³/mol. The van der Waals surface area contributed by atoms with Crippen LogP contribution < -0.4 is 11.2 Å². The van der Waals surface area contributed by atoms with Crippen molar-refractivity contribution < 1.29 is 15.0 Å². The summed E-state index contributed by atoms with van der Waals surface area (Å²) in [5.41, 5.74) is -0.411. The first-order chi connectivity index (χ1) is 17.1. The molecule has 1 saturated heterocycles. The molecule has 190 valence electrons. The van der Waals surface area contributed by atoms with Crippen LogP contribution in [0.4, 0.5) is 0 Å². The maximum Gasteiger partial charge on any atom is 0.332 e. The molecule has 0 aliphatic carbocycles. The van der Waals surface area contributed by atoms with Crippen LogP contribution in [0.2, 0.25) is 0 Å². The van der Waals surface area contributed by atoms with E-state index in [1.165, 1.54) is 34.5 Å². The van der Waals surface area contributed by atoms with Gasteiger partial charge in [0, 0.05) is 33.6 Å². The number of carbonyl (C=O) groups excluding carboxylic acids is 1. The Balaban J connectivity index is 1.41. The van der Waals surface area contributed by atoms with Crippen LogP contribution in [0.5, 0.6) is 0 Å². The summed E-state index contributed by atoms with van der Waals surface area (Å²) in [7, 11) is 2.90. The molecule has 12 heteroatoms. The summed E-state index contributed by atoms with van der Waals surface area (Å²) in [5.74, 6) is -0.207. The Morgan fingerprint density at radius 2 is 1.89 bits per heavy atom. The number of fused-ring (bicyclic) bond motifs is 2. The second-order valence-electron chi connectivity index (χ2n) is 9.74. The summed E-state index contributed by atoms with van der Waals surface area (Å²) in [6.45, 7) is 2.01. The molecule has 36 heavy (non-hydrogen) atoms. The van der Waals surface area contributed by atoms with Gasteiger partial charge < -0.3 is 24.2 Å². The maximum absolute atomic E-state index is 13.2. The lowest BCUT2D eigenvalue weighted by atomic mass is 9.92. The number of nitrogens with zero attached hydrogens (tertiary/aromatic N) is 7. The number of benzene rings is 1. The number of carbonyl (C=O) groups is 1. The largest absolute Gasteiger partial charge is 0.391 e. The predicted octanol–water partition coefficient (Wildman–Crippen LogP) is -0.241. The van der Waals surface area contributed by atoms with Gasteiger partial charge in [0.2, 0.25) is 5.91 Å². The van der Waals surface area contributed by atoms with Crippen molar-refractivity contribution in [3.63, 3.8) is 0 Å². The average Bonchev–Trinajstić information content (AvgIpc) is 3.44. The van der Waals surface area contributed by atoms with Crippen molar-refractivity contribution in [1.82, 2.24) is 33.1 Å². The molecular weight excluding hydrogens is 466 g/mol. The fraction of sp³-hybridized carbons (Fsp3) is 0.458. The molecule has 12 nitrogen and oxygen atoms in total. The second kappa shape index (κ2) is 8.71. The lowest BCUT2D eigenvalue weighted by Crippen LogP contribution is -2.47. The Bertz CT molecular complexity index is 1580. The molecule has 0 saturated carbocycles. The van der Waals surface area contributed by atoms with Crippen molar-refractivity contribution in [3.8, 4) is 0 Å². The summed E-state index contributed by atoms with van der Waals surface area (Å²) in [6.07, 6.45) is 2.43. The molecule has 0 bridgehead atoms. The molecule has 0 spiro atoms. The highest BCUT2D eigenvalue weighted by Gasteiger charge is 2.42. The van der Waals surface area contributed by atoms with Gasteiger partial charge in [0.15, 0.2) is 11.2 Å². The number of imidazole rings is 2. The van der Waals surface area contributed by atoms with Crippen molar-refractivity contribution in [3.05, 3.63) is 57.8 Å². The summed E-state index contributed by atoms with van der Waals surface area (Å²) >= 11 is 0. The molecule has 1 amide bonds. The number of aliphatic hydroxyl groups is 2. The monoisotopic (exact) mass is 495 g/mol. The van der Waals surface area contributed by atoms with E-state index in [4.69, 9.17) is 0 Å². The van der Waals surface area contributed by atoms with E-state index >= 15 is 0 Å². The van der Waals surface area contributed by atoms with E-state index in [2.05, 4.69) is 9.97 Å². The maximum atomic E-state index is 13.2. The van der Waals surface area contributed by atoms with Crippen LogP contribution in [0.15, 0.2) is 46.5 Å². The Morgan fingerprint density at radius 3 is 2.67 bits per heavy atom. The summed E-state index contributed by atoms with van der Waals surface area (Å²) in [4.78, 5) is 48.5. The molecular formula is C24H29N7O5. The van der Waals surface area contributed by atoms with Gasteiger partial charge in [-0.25, -0.2) is 14.8 Å². The van der Waals surface area contributed by atoms with E-state index in [0.29, 0.717) is 6.54 Å². The zero-order valence-corrected chi connectivity index (χ0v) is 20.4. The fourth-order valence-corrected chi connectivity index (χ4v) is 5.16. The number of hydrogen-bond acceptors (Lipinski definition) is 7. The van der Waals surface area contributed by atoms with Crippen LogP contribution >= 0.6 is 0 Å². The van der Waals surface area contributed by atoms with Crippen LogP contribution in [0.25, 0.3) is 22.2 Å². The van der Waals surface area contributed by atoms with Gasteiger partial charge in [0.25, 0.3) is 5.56 Å². The third-order valence-corrected chi connectivity index (χ3v) is 7.11. The number of β-amino-alcohol motifs (C(OH)–C–C–N with tert-alkyl or cyclic N) is 2. The third kappa shape index (κ3) is 3.91. The van der Waals surface area contributed by atoms with Gasteiger partial charge in [-0.3, -0.25) is 18.7 Å². The van der Waals surface area contributed by atoms with Crippen molar-refractivity contribution in [2.45, 2.75) is 44.1 Å². The highest BCUT2D eigenvalue weighted by Crippen LogP contribution is 2.33. The number of rotatable bonds is 4. The highest BCUT2D eigenvalue weighted by atomic mass is 16.3. The standard InChI is InChI=1S/C24H29N7O5/c1-24(36)12-30(19(33)8-9-29-13-25-16-6-4-5-7-17(16)29)11-15(32)10-18(24)31-14-26-21-20(31)22(34)28(3)23(35)27(21)2/h4-7,13-15,18,32,36H,8-12H2,1-3H3/t15-,18-,24-/m1/s1. The third-order valence-electron chi connectivity index (χ3n) is 7.11. The van der Waals surface area contributed by atoms with Gasteiger partial charge in [-0.15, -0.1) is 0 Å². The molecule has 3 atom stereocenters. The summed E-state index contributed by atoms with van der Waals surface area (Å²) < 4.78 is 5.68. The van der Waals surface area contributed by atoms with Crippen LogP contribution in [-0.2, 0) is 25.4 Å². The zero-order valence-electron chi connectivity index (χ0n) is 20.4. The molecule has 0 unspecified atom stereocenters. The van der Waals surface area contributed by atoms with Gasteiger partial charge in [0.05, 0.1) is 42.4 Å². The van der Waals surface area contributed by atoms with E-state index in [1.807, 2.05) is 28.8 Å². The Hall–Kier alpha value is -3.77. The molecule has 1 fully saturated rings. The number of para-hydroxylation sites is 2. The first kappa shape index (κ1) is 23.9. The topological polar surface area (TPSA) is 140 Å². The van der Waals surface area contributed by atoms with Gasteiger partial charge in [-0.2, -0.15) is 0 Å². The van der Waals surface area contributed by atoms with Crippen molar-refractivity contribution >= 4 is 28.1 Å². The minimum atomic E-state index is -1.48. The molecule has 5 rings (SSSR count). The van der Waals surface area contributed by atoms with E-state index in [1.54, 1.807) is 13.3 Å². The van der Waals surface area contributed by atoms with Crippen LogP contribution in [0, 0.1) is 0 Å². The number of aryl methyl sites for hydroxylation is 2. The smallest absolute Gasteiger partial charge is 0.332 e. The number of likely N-dealkylation sites (tertiary alicyclic amines) is 1. The van der Waals surface area contributed by atoms with Crippen molar-refractivity contribution in [1.29, 1.82) is 0 Å². The average molecular weight is 496 g/mol. The van der Waals surface area contributed by atoms with E-state index < -0.39 is 29.0 Å². The van der Waals surface area contributed by atoms with E-state index in [-0.39, 0.29) is 43.0 Å². The van der Waals surface area contributed by atoms with Crippen LogP contribution in [0.1, 0.15) is 25.8 Å². The van der Waals surface area contributed by atoms with Gasteiger partial charge >= 0.3 is 5.69 Å². The number of aliphatic hydroxyl groups excluding tert-OH is 1. The van der Waals surface area contributed by atoms with Crippen LogP contribution in [-0.4, -0.2) is 74.1 Å². The highest BCUT2D eigenvalue weighted by molar-refractivity contribution is 5.78. The minimum absolute atomic E-state index is 0.0377. The molecule has 4 heterocycles. The molecule has 3 aromatic heterocycles. The number of aromatic nitrogens is 6. The molecule has 2 N–H and O–H groups in total. The van der Waals surface area contributed by atoms with Crippen molar-refractivity contribution in [2.75, 3.05) is 13.1 Å². The van der Waals surface area contributed by atoms with Gasteiger partial charge in [-0.05, 0) is 25.5 Å². The Labute approximate surface area is 205 Å². The van der Waals surface area contributed by atoms with Gasteiger partial charge in [-0.1, -0.05) is 12.1 Å². The Kier molecular flexibility index (Phi) is 5.80. The molecule has 1 aromatic carbocycles. The lowest BCUT2D eigenvalue weighted by molar-refractivity contribution is -0.135. The second-order valence-corrected chi connectivity index (χ2v) is 9.74. The van der Waals surface area contributed by atoms with Crippen molar-refractivity contribution in [2.24, 2.45) is 14.1 Å². The molecule has 0 radical (unpaired) electrons. The number of amides is 1. The fourth-order valence-electron chi connectivity index (χ4n) is 5.16. The van der Waals surface area contributed by atoms with Gasteiger partial charge in [0.1, 0.15) is 5.60 Å². The Morgan fingerprint density at radius 1 is 1.14 bits per heavy atom. The SMILES string of the molecule is Cn1c(=O)c2c(ncn2[C@@H]2C[C@@H](O)CN(C(=O)CCn3cnc4ccccc43)C[C@@]2(C)O)n(C)c1=O. The molecule has 4 aromatic rings. The summed E-state index contributed by atoms with van der Waals surface area (Å²) in [6, 6.07) is 6.91. The summed E-state index contributed by atoms with van der Waals surface area (Å²) in [5, 5.41) is 22.3. The first-order valence-electron chi connectivity index (χ1n) is 11.8. The number of hydrogen-bond donors (Lipinski definition) is 2. The normalized spacial score (nSPS) is 22.9. The van der Waals surface area contributed by atoms with E-state index in [9.17, 15) is 24.6 Å². The zero-order chi connectivity index (χ0) is 25.8. The molecule has 1 aliphatic heterocycles. The molecule has 1 aliphatic rings. The lowest BCUT2D eigenvalue weighted by Gasteiger charge is -2.34.